The Labute approximate surface area is 126 Å². The van der Waals surface area contributed by atoms with E-state index >= 15 is 0 Å². The van der Waals surface area contributed by atoms with E-state index in [9.17, 15) is 5.11 Å². The minimum Gasteiger partial charge on any atom is -0.496 e. The van der Waals surface area contributed by atoms with Gasteiger partial charge in [0.1, 0.15) is 5.75 Å². The number of anilines is 1. The Morgan fingerprint density at radius 1 is 1.14 bits per heavy atom. The number of aliphatic hydroxyl groups is 1. The van der Waals surface area contributed by atoms with Crippen LogP contribution in [0.25, 0.3) is 0 Å². The molecule has 0 saturated carbocycles. The van der Waals surface area contributed by atoms with E-state index in [0.717, 1.165) is 35.4 Å². The second kappa shape index (κ2) is 7.70. The first-order valence-corrected chi connectivity index (χ1v) is 7.38. The summed E-state index contributed by atoms with van der Waals surface area (Å²) in [5.74, 6) is 0.882. The van der Waals surface area contributed by atoms with Crippen LogP contribution in [0.3, 0.4) is 0 Å². The minimum absolute atomic E-state index is 0.386. The van der Waals surface area contributed by atoms with E-state index in [4.69, 9.17) is 4.74 Å². The zero-order chi connectivity index (χ0) is 15.1. The predicted molar refractivity (Wildman–Crippen MR) is 86.6 cm³/mol. The van der Waals surface area contributed by atoms with Crippen LogP contribution >= 0.6 is 0 Å². The highest BCUT2D eigenvalue weighted by molar-refractivity contribution is 5.48. The van der Waals surface area contributed by atoms with Gasteiger partial charge in [0.25, 0.3) is 0 Å². The maximum absolute atomic E-state index is 10.1. The number of aliphatic hydroxyl groups excluding tert-OH is 1. The van der Waals surface area contributed by atoms with Crippen molar-refractivity contribution >= 4 is 5.69 Å². The first-order valence-electron chi connectivity index (χ1n) is 7.38. The molecule has 3 nitrogen and oxygen atoms in total. The third kappa shape index (κ3) is 4.23. The first-order chi connectivity index (χ1) is 10.2. The largest absolute Gasteiger partial charge is 0.496 e. The van der Waals surface area contributed by atoms with Crippen molar-refractivity contribution in [2.24, 2.45) is 0 Å². The minimum atomic E-state index is -0.386. The van der Waals surface area contributed by atoms with Crippen molar-refractivity contribution in [3.8, 4) is 5.75 Å². The van der Waals surface area contributed by atoms with Gasteiger partial charge in [0.15, 0.2) is 0 Å². The number of rotatable bonds is 7. The van der Waals surface area contributed by atoms with E-state index in [1.54, 1.807) is 7.11 Å². The second-order valence-electron chi connectivity index (χ2n) is 5.10. The quantitative estimate of drug-likeness (QED) is 0.803. The van der Waals surface area contributed by atoms with E-state index in [-0.39, 0.29) is 6.10 Å². The fourth-order valence-corrected chi connectivity index (χ4v) is 2.34. The molecule has 2 rings (SSSR count). The third-order valence-electron chi connectivity index (χ3n) is 3.51. The SMILES string of the molecule is CCCC(O)c1cccc(NCc2ccccc2OC)c1. The zero-order valence-corrected chi connectivity index (χ0v) is 12.7. The van der Waals surface area contributed by atoms with Crippen LogP contribution in [0.15, 0.2) is 48.5 Å². The summed E-state index contributed by atoms with van der Waals surface area (Å²) in [6.07, 6.45) is 1.37. The molecular formula is C18H23NO2. The second-order valence-corrected chi connectivity index (χ2v) is 5.10. The smallest absolute Gasteiger partial charge is 0.123 e. The first kappa shape index (κ1) is 15.4. The van der Waals surface area contributed by atoms with Crippen LogP contribution in [-0.2, 0) is 6.54 Å². The van der Waals surface area contributed by atoms with Gasteiger partial charge in [-0.1, -0.05) is 43.7 Å². The standard InChI is InChI=1S/C18H23NO2/c1-3-7-17(20)14-9-6-10-16(12-14)19-13-15-8-4-5-11-18(15)21-2/h4-6,8-12,17,19-20H,3,7,13H2,1-2H3. The molecule has 0 aromatic heterocycles. The molecule has 0 fully saturated rings. The fourth-order valence-electron chi connectivity index (χ4n) is 2.34. The number of methoxy groups -OCH3 is 1. The lowest BCUT2D eigenvalue weighted by atomic mass is 10.0. The van der Waals surface area contributed by atoms with Gasteiger partial charge < -0.3 is 15.2 Å². The maximum atomic E-state index is 10.1. The molecular weight excluding hydrogens is 262 g/mol. The van der Waals surface area contributed by atoms with Gasteiger partial charge in [-0.25, -0.2) is 0 Å². The highest BCUT2D eigenvalue weighted by Gasteiger charge is 2.07. The van der Waals surface area contributed by atoms with Gasteiger partial charge in [0, 0.05) is 17.8 Å². The molecule has 2 N–H and O–H groups in total. The lowest BCUT2D eigenvalue weighted by Gasteiger charge is -2.13. The monoisotopic (exact) mass is 285 g/mol. The predicted octanol–water partition coefficient (Wildman–Crippen LogP) is 4.14. The van der Waals surface area contributed by atoms with Crippen LogP contribution in [0.5, 0.6) is 5.75 Å². The Morgan fingerprint density at radius 2 is 1.95 bits per heavy atom. The van der Waals surface area contributed by atoms with Crippen LogP contribution in [0.2, 0.25) is 0 Å². The lowest BCUT2D eigenvalue weighted by Crippen LogP contribution is -2.03. The Hall–Kier alpha value is -2.00. The molecule has 0 spiro atoms. The summed E-state index contributed by atoms with van der Waals surface area (Å²) in [6, 6.07) is 15.9. The van der Waals surface area contributed by atoms with Crippen molar-refractivity contribution in [2.75, 3.05) is 12.4 Å². The fraction of sp³-hybridized carbons (Fsp3) is 0.333. The number of ether oxygens (including phenoxy) is 1. The van der Waals surface area contributed by atoms with Crippen molar-refractivity contribution < 1.29 is 9.84 Å². The number of benzene rings is 2. The Balaban J connectivity index is 2.05. The lowest BCUT2D eigenvalue weighted by molar-refractivity contribution is 0.166. The molecule has 0 heterocycles. The molecule has 0 aliphatic rings. The van der Waals surface area contributed by atoms with Crippen LogP contribution in [0.1, 0.15) is 37.0 Å². The summed E-state index contributed by atoms with van der Waals surface area (Å²) in [5.41, 5.74) is 3.08. The van der Waals surface area contributed by atoms with Gasteiger partial charge in [-0.15, -0.1) is 0 Å². The summed E-state index contributed by atoms with van der Waals surface area (Å²) < 4.78 is 5.35. The molecule has 0 aliphatic carbocycles. The van der Waals surface area contributed by atoms with Gasteiger partial charge in [-0.2, -0.15) is 0 Å². The van der Waals surface area contributed by atoms with Gasteiger partial charge in [-0.3, -0.25) is 0 Å². The van der Waals surface area contributed by atoms with Crippen LogP contribution in [0.4, 0.5) is 5.69 Å². The number of para-hydroxylation sites is 1. The highest BCUT2D eigenvalue weighted by Crippen LogP contribution is 2.23. The van der Waals surface area contributed by atoms with Crippen molar-refractivity contribution in [3.05, 3.63) is 59.7 Å². The summed E-state index contributed by atoms with van der Waals surface area (Å²) in [5, 5.41) is 13.4. The summed E-state index contributed by atoms with van der Waals surface area (Å²) in [4.78, 5) is 0. The summed E-state index contributed by atoms with van der Waals surface area (Å²) >= 11 is 0. The Bertz CT molecular complexity index is 569. The summed E-state index contributed by atoms with van der Waals surface area (Å²) in [6.45, 7) is 2.77. The van der Waals surface area contributed by atoms with E-state index in [1.165, 1.54) is 0 Å². The average Bonchev–Trinajstić information content (AvgIpc) is 2.53. The van der Waals surface area contributed by atoms with E-state index in [2.05, 4.69) is 12.2 Å². The Morgan fingerprint density at radius 3 is 2.71 bits per heavy atom. The van der Waals surface area contributed by atoms with Crippen LogP contribution < -0.4 is 10.1 Å². The van der Waals surface area contributed by atoms with Crippen molar-refractivity contribution in [2.45, 2.75) is 32.4 Å². The molecule has 0 bridgehead atoms. The summed E-state index contributed by atoms with van der Waals surface area (Å²) in [7, 11) is 1.68. The van der Waals surface area contributed by atoms with Gasteiger partial charge >= 0.3 is 0 Å². The molecule has 3 heteroatoms. The van der Waals surface area contributed by atoms with E-state index in [1.807, 2.05) is 48.5 Å². The molecule has 112 valence electrons. The van der Waals surface area contributed by atoms with Crippen molar-refractivity contribution in [1.29, 1.82) is 0 Å². The molecule has 0 amide bonds. The molecule has 1 unspecified atom stereocenters. The molecule has 0 radical (unpaired) electrons. The molecule has 0 saturated heterocycles. The third-order valence-corrected chi connectivity index (χ3v) is 3.51. The average molecular weight is 285 g/mol. The van der Waals surface area contributed by atoms with Crippen LogP contribution in [0, 0.1) is 0 Å². The normalized spacial score (nSPS) is 12.0. The molecule has 2 aromatic rings. The van der Waals surface area contributed by atoms with Crippen molar-refractivity contribution in [3.63, 3.8) is 0 Å². The molecule has 1 atom stereocenters. The number of hydrogen-bond acceptors (Lipinski definition) is 3. The number of hydrogen-bond donors (Lipinski definition) is 2. The van der Waals surface area contributed by atoms with E-state index in [0.29, 0.717) is 6.54 Å². The topological polar surface area (TPSA) is 41.5 Å². The number of nitrogens with one attached hydrogen (secondary N) is 1. The molecule has 0 aliphatic heterocycles. The Kier molecular flexibility index (Phi) is 5.64. The maximum Gasteiger partial charge on any atom is 0.123 e. The highest BCUT2D eigenvalue weighted by atomic mass is 16.5. The molecule has 2 aromatic carbocycles. The van der Waals surface area contributed by atoms with Gasteiger partial charge in [0.05, 0.1) is 13.2 Å². The van der Waals surface area contributed by atoms with Crippen molar-refractivity contribution in [1.82, 2.24) is 0 Å². The zero-order valence-electron chi connectivity index (χ0n) is 12.7. The van der Waals surface area contributed by atoms with Gasteiger partial charge in [0.2, 0.25) is 0 Å². The van der Waals surface area contributed by atoms with E-state index < -0.39 is 0 Å². The molecule has 21 heavy (non-hydrogen) atoms. The van der Waals surface area contributed by atoms with Crippen LogP contribution in [-0.4, -0.2) is 12.2 Å². The van der Waals surface area contributed by atoms with Gasteiger partial charge in [-0.05, 0) is 30.2 Å².